The lowest BCUT2D eigenvalue weighted by Crippen LogP contribution is -2.65. The minimum absolute atomic E-state index is 0.335. The lowest BCUT2D eigenvalue weighted by Gasteiger charge is -2.42. The summed E-state index contributed by atoms with van der Waals surface area (Å²) in [6, 6.07) is 5.24. The summed E-state index contributed by atoms with van der Waals surface area (Å²) in [4.78, 5) is 22.6. The summed E-state index contributed by atoms with van der Waals surface area (Å²) in [5, 5.41) is 34.5. The topological polar surface area (TPSA) is 137 Å². The number of aliphatic hydroxyl groups is 3. The molecule has 5 N–H and O–H groups in total. The molecule has 0 saturated carbocycles. The van der Waals surface area contributed by atoms with Crippen LogP contribution in [0.2, 0.25) is 0 Å². The second kappa shape index (κ2) is 8.77. The van der Waals surface area contributed by atoms with Gasteiger partial charge in [-0.15, -0.1) is 0 Å². The van der Waals surface area contributed by atoms with E-state index in [9.17, 15) is 24.9 Å². The minimum atomic E-state index is -1.39. The summed E-state index contributed by atoms with van der Waals surface area (Å²) >= 11 is 0. The largest absolute Gasteiger partial charge is 0.463 e. The zero-order chi connectivity index (χ0) is 19.3. The van der Waals surface area contributed by atoms with Gasteiger partial charge in [-0.3, -0.25) is 9.59 Å². The molecule has 1 aliphatic rings. The van der Waals surface area contributed by atoms with E-state index in [2.05, 4.69) is 17.2 Å². The summed E-state index contributed by atoms with van der Waals surface area (Å²) in [5.41, 5.74) is 0.522. The van der Waals surface area contributed by atoms with Crippen LogP contribution in [0.3, 0.4) is 0 Å². The maximum Gasteiger partial charge on any atom is 0.247 e. The maximum absolute atomic E-state index is 11.4. The van der Waals surface area contributed by atoms with E-state index < -0.39 is 43.2 Å². The van der Waals surface area contributed by atoms with Crippen molar-refractivity contribution in [3.63, 3.8) is 0 Å². The average Bonchev–Trinajstić information content (AvgIpc) is 2.62. The van der Waals surface area contributed by atoms with Gasteiger partial charge in [0, 0.05) is 12.6 Å². The predicted molar refractivity (Wildman–Crippen MR) is 91.3 cm³/mol. The summed E-state index contributed by atoms with van der Waals surface area (Å²) in [7, 11) is 0. The van der Waals surface area contributed by atoms with Crippen LogP contribution >= 0.6 is 0 Å². The lowest BCUT2D eigenvalue weighted by atomic mass is 9.97. The highest BCUT2D eigenvalue weighted by Crippen LogP contribution is 2.25. The van der Waals surface area contributed by atoms with Crippen molar-refractivity contribution in [2.24, 2.45) is 0 Å². The fourth-order valence-electron chi connectivity index (χ4n) is 2.52. The van der Waals surface area contributed by atoms with Gasteiger partial charge in [0.1, 0.15) is 30.1 Å². The molecule has 2 amide bonds. The van der Waals surface area contributed by atoms with Gasteiger partial charge in [-0.05, 0) is 30.3 Å². The Hall–Kier alpha value is -2.46. The molecule has 5 atom stereocenters. The molecule has 2 rings (SSSR count). The SMILES string of the molecule is C=CC(=O)Nc1ccc(O[C@@H]2O[C@H](CO)[C@@H](O)[C@H](O)[C@H]2NC(C)=O)cc1. The highest BCUT2D eigenvalue weighted by atomic mass is 16.7. The van der Waals surface area contributed by atoms with Crippen molar-refractivity contribution in [2.45, 2.75) is 37.6 Å². The number of anilines is 1. The van der Waals surface area contributed by atoms with Crippen LogP contribution in [-0.4, -0.2) is 64.4 Å². The summed E-state index contributed by atoms with van der Waals surface area (Å²) in [6.45, 7) is 4.08. The van der Waals surface area contributed by atoms with Gasteiger partial charge in [-0.2, -0.15) is 0 Å². The number of nitrogens with one attached hydrogen (secondary N) is 2. The van der Waals surface area contributed by atoms with Crippen molar-refractivity contribution in [1.82, 2.24) is 5.32 Å². The molecule has 1 saturated heterocycles. The Balaban J connectivity index is 2.13. The number of hydrogen-bond acceptors (Lipinski definition) is 7. The van der Waals surface area contributed by atoms with Gasteiger partial charge in [-0.25, -0.2) is 0 Å². The Morgan fingerprint density at radius 3 is 2.46 bits per heavy atom. The first-order chi connectivity index (χ1) is 12.3. The molecule has 9 heteroatoms. The Labute approximate surface area is 150 Å². The van der Waals surface area contributed by atoms with Gasteiger partial charge in [0.15, 0.2) is 0 Å². The fraction of sp³-hybridized carbons (Fsp3) is 0.412. The molecule has 1 aliphatic heterocycles. The van der Waals surface area contributed by atoms with Gasteiger partial charge in [-0.1, -0.05) is 6.58 Å². The van der Waals surface area contributed by atoms with E-state index in [0.29, 0.717) is 11.4 Å². The third-order valence-corrected chi connectivity index (χ3v) is 3.81. The number of hydrogen-bond donors (Lipinski definition) is 5. The Morgan fingerprint density at radius 1 is 1.27 bits per heavy atom. The van der Waals surface area contributed by atoms with Crippen LogP contribution in [-0.2, 0) is 14.3 Å². The predicted octanol–water partition coefficient (Wildman–Crippen LogP) is -0.866. The molecule has 1 aromatic rings. The average molecular weight is 366 g/mol. The third kappa shape index (κ3) is 4.79. The van der Waals surface area contributed by atoms with Gasteiger partial charge in [0.25, 0.3) is 0 Å². The van der Waals surface area contributed by atoms with Crippen molar-refractivity contribution in [3.8, 4) is 5.75 Å². The summed E-state index contributed by atoms with van der Waals surface area (Å²) in [5.74, 6) is -0.464. The second-order valence-corrected chi connectivity index (χ2v) is 5.77. The van der Waals surface area contributed by atoms with E-state index in [-0.39, 0.29) is 5.91 Å². The van der Waals surface area contributed by atoms with Crippen molar-refractivity contribution < 1.29 is 34.4 Å². The Kier molecular flexibility index (Phi) is 6.70. The number of aliphatic hydroxyl groups excluding tert-OH is 3. The molecule has 0 aliphatic carbocycles. The van der Waals surface area contributed by atoms with E-state index in [1.807, 2.05) is 0 Å². The third-order valence-electron chi connectivity index (χ3n) is 3.81. The molecule has 1 fully saturated rings. The van der Waals surface area contributed by atoms with E-state index >= 15 is 0 Å². The quantitative estimate of drug-likeness (QED) is 0.413. The van der Waals surface area contributed by atoms with Crippen LogP contribution in [0.4, 0.5) is 5.69 Å². The van der Waals surface area contributed by atoms with Crippen molar-refractivity contribution >= 4 is 17.5 Å². The molecular formula is C17H22N2O7. The fourth-order valence-corrected chi connectivity index (χ4v) is 2.52. The van der Waals surface area contributed by atoms with Crippen molar-refractivity contribution in [2.75, 3.05) is 11.9 Å². The van der Waals surface area contributed by atoms with Crippen LogP contribution in [0.5, 0.6) is 5.75 Å². The van der Waals surface area contributed by atoms with Crippen LogP contribution < -0.4 is 15.4 Å². The maximum atomic E-state index is 11.4. The highest BCUT2D eigenvalue weighted by Gasteiger charge is 2.46. The molecule has 142 valence electrons. The van der Waals surface area contributed by atoms with E-state index in [4.69, 9.17) is 9.47 Å². The molecule has 26 heavy (non-hydrogen) atoms. The molecule has 0 spiro atoms. The van der Waals surface area contributed by atoms with Crippen LogP contribution in [0.25, 0.3) is 0 Å². The standard InChI is InChI=1S/C17H22N2O7/c1-3-13(22)19-10-4-6-11(7-5-10)25-17-14(18-9(2)21)16(24)15(23)12(8-20)26-17/h3-7,12,14-17,20,23-24H,1,8H2,2H3,(H,18,21)(H,19,22)/t12-,14-,15-,16-,17-/m1/s1. The van der Waals surface area contributed by atoms with Crippen molar-refractivity contribution in [3.05, 3.63) is 36.9 Å². The number of benzene rings is 1. The van der Waals surface area contributed by atoms with Crippen LogP contribution in [0, 0.1) is 0 Å². The molecule has 0 bridgehead atoms. The van der Waals surface area contributed by atoms with E-state index in [1.54, 1.807) is 24.3 Å². The molecule has 9 nitrogen and oxygen atoms in total. The second-order valence-electron chi connectivity index (χ2n) is 5.77. The Bertz CT molecular complexity index is 649. The number of rotatable bonds is 6. The molecular weight excluding hydrogens is 344 g/mol. The molecule has 0 aromatic heterocycles. The van der Waals surface area contributed by atoms with E-state index in [1.165, 1.54) is 6.92 Å². The zero-order valence-electron chi connectivity index (χ0n) is 14.2. The summed E-state index contributed by atoms with van der Waals surface area (Å²) < 4.78 is 11.1. The van der Waals surface area contributed by atoms with Crippen LogP contribution in [0.1, 0.15) is 6.92 Å². The van der Waals surface area contributed by atoms with Gasteiger partial charge in [0.05, 0.1) is 6.61 Å². The smallest absolute Gasteiger partial charge is 0.247 e. The molecule has 1 heterocycles. The van der Waals surface area contributed by atoms with Gasteiger partial charge in [0.2, 0.25) is 18.1 Å². The minimum Gasteiger partial charge on any atom is -0.463 e. The monoisotopic (exact) mass is 366 g/mol. The molecule has 0 radical (unpaired) electrons. The number of carbonyl (C=O) groups excluding carboxylic acids is 2. The Morgan fingerprint density at radius 2 is 1.92 bits per heavy atom. The first kappa shape index (κ1) is 19.9. The first-order valence-corrected chi connectivity index (χ1v) is 7.95. The summed E-state index contributed by atoms with van der Waals surface area (Å²) in [6.07, 6.45) is -3.83. The highest BCUT2D eigenvalue weighted by molar-refractivity contribution is 5.98. The van der Waals surface area contributed by atoms with E-state index in [0.717, 1.165) is 6.08 Å². The molecule has 1 aromatic carbocycles. The van der Waals surface area contributed by atoms with Gasteiger partial charge < -0.3 is 35.4 Å². The lowest BCUT2D eigenvalue weighted by molar-refractivity contribution is -0.244. The number of amides is 2. The van der Waals surface area contributed by atoms with Gasteiger partial charge >= 0.3 is 0 Å². The zero-order valence-corrected chi connectivity index (χ0v) is 14.2. The number of carbonyl (C=O) groups is 2. The molecule has 0 unspecified atom stereocenters. The van der Waals surface area contributed by atoms with Crippen molar-refractivity contribution in [1.29, 1.82) is 0 Å². The normalized spacial score (nSPS) is 28.1. The number of ether oxygens (including phenoxy) is 2. The first-order valence-electron chi connectivity index (χ1n) is 7.95. The van der Waals surface area contributed by atoms with Crippen LogP contribution in [0.15, 0.2) is 36.9 Å².